The van der Waals surface area contributed by atoms with Gasteiger partial charge in [0.25, 0.3) is 0 Å². The van der Waals surface area contributed by atoms with Crippen molar-refractivity contribution in [3.8, 4) is 11.5 Å². The van der Waals surface area contributed by atoms with Gasteiger partial charge in [-0.1, -0.05) is 36.0 Å². The summed E-state index contributed by atoms with van der Waals surface area (Å²) in [6, 6.07) is 14.0. The van der Waals surface area contributed by atoms with Crippen LogP contribution in [-0.4, -0.2) is 34.4 Å². The number of phenolic OH excluding ortho intramolecular Hbond substituents is 1. The third-order valence-electron chi connectivity index (χ3n) is 3.94. The van der Waals surface area contributed by atoms with E-state index in [1.807, 2.05) is 37.3 Å². The number of esters is 1. The molecule has 6 nitrogen and oxygen atoms in total. The van der Waals surface area contributed by atoms with Gasteiger partial charge < -0.3 is 19.7 Å². The molecule has 0 fully saturated rings. The molecular weight excluding hydrogens is 390 g/mol. The third kappa shape index (κ3) is 4.81. The van der Waals surface area contributed by atoms with Crippen LogP contribution in [0.25, 0.3) is 6.08 Å². The topological polar surface area (TPSA) is 88.4 Å². The summed E-state index contributed by atoms with van der Waals surface area (Å²) in [6.45, 7) is 4.12. The van der Waals surface area contributed by atoms with Gasteiger partial charge in [0, 0.05) is 0 Å². The molecule has 0 saturated heterocycles. The predicted molar refractivity (Wildman–Crippen MR) is 115 cm³/mol. The van der Waals surface area contributed by atoms with Gasteiger partial charge in [-0.3, -0.25) is 0 Å². The quantitative estimate of drug-likeness (QED) is 0.652. The standard InChI is InChI=1S/C22H21NO5S/c1-3-27-17-12-14(10-11-16(17)24)13-18-20(25)19(22(26)28-4-2)21(29-18)23-15-8-6-5-7-9-15/h5-13,24-25H,3-4H2,1-2H3. The second-order valence-corrected chi connectivity index (χ2v) is 7.00. The molecule has 0 aromatic heterocycles. The lowest BCUT2D eigenvalue weighted by Gasteiger charge is -2.06. The zero-order chi connectivity index (χ0) is 20.8. The van der Waals surface area contributed by atoms with Crippen LogP contribution in [0.5, 0.6) is 11.5 Å². The van der Waals surface area contributed by atoms with Crippen molar-refractivity contribution < 1.29 is 24.5 Å². The Morgan fingerprint density at radius 2 is 1.86 bits per heavy atom. The van der Waals surface area contributed by atoms with E-state index in [1.54, 1.807) is 25.1 Å². The van der Waals surface area contributed by atoms with Crippen molar-refractivity contribution in [3.63, 3.8) is 0 Å². The van der Waals surface area contributed by atoms with Crippen LogP contribution in [0, 0.1) is 0 Å². The minimum atomic E-state index is -0.628. The number of nitrogens with zero attached hydrogens (tertiary/aromatic N) is 1. The van der Waals surface area contributed by atoms with E-state index in [0.717, 1.165) is 0 Å². The average Bonchev–Trinajstić information content (AvgIpc) is 3.00. The molecule has 0 atom stereocenters. The van der Waals surface area contributed by atoms with Gasteiger partial charge >= 0.3 is 5.97 Å². The van der Waals surface area contributed by atoms with Crippen molar-refractivity contribution >= 4 is 34.5 Å². The van der Waals surface area contributed by atoms with Gasteiger partial charge in [0.1, 0.15) is 16.4 Å². The number of thioether (sulfide) groups is 1. The molecular formula is C22H21NO5S. The summed E-state index contributed by atoms with van der Waals surface area (Å²) in [4.78, 5) is 17.4. The first kappa shape index (κ1) is 20.5. The van der Waals surface area contributed by atoms with Gasteiger partial charge in [-0.15, -0.1) is 0 Å². The minimum Gasteiger partial charge on any atom is -0.506 e. The molecule has 0 unspecified atom stereocenters. The van der Waals surface area contributed by atoms with E-state index >= 15 is 0 Å². The predicted octanol–water partition coefficient (Wildman–Crippen LogP) is 4.98. The molecule has 1 heterocycles. The van der Waals surface area contributed by atoms with E-state index in [4.69, 9.17) is 9.47 Å². The van der Waals surface area contributed by atoms with Crippen molar-refractivity contribution in [1.82, 2.24) is 0 Å². The Morgan fingerprint density at radius 3 is 2.55 bits per heavy atom. The van der Waals surface area contributed by atoms with Crippen LogP contribution in [0.15, 0.2) is 69.8 Å². The van der Waals surface area contributed by atoms with Crippen LogP contribution in [0.3, 0.4) is 0 Å². The van der Waals surface area contributed by atoms with E-state index in [2.05, 4.69) is 4.99 Å². The fourth-order valence-electron chi connectivity index (χ4n) is 2.65. The summed E-state index contributed by atoms with van der Waals surface area (Å²) in [5, 5.41) is 20.9. The zero-order valence-corrected chi connectivity index (χ0v) is 16.9. The Labute approximate surface area is 173 Å². The molecule has 3 rings (SSSR count). The Bertz CT molecular complexity index is 996. The highest BCUT2D eigenvalue weighted by Crippen LogP contribution is 2.40. The Balaban J connectivity index is 2.02. The van der Waals surface area contributed by atoms with Gasteiger partial charge in [-0.25, -0.2) is 9.79 Å². The molecule has 0 bridgehead atoms. The van der Waals surface area contributed by atoms with Crippen LogP contribution in [0.2, 0.25) is 0 Å². The molecule has 2 aromatic carbocycles. The number of aliphatic hydroxyl groups excluding tert-OH is 1. The normalized spacial score (nSPS) is 16.5. The summed E-state index contributed by atoms with van der Waals surface area (Å²) in [5.74, 6) is -0.436. The summed E-state index contributed by atoms with van der Waals surface area (Å²) < 4.78 is 10.5. The minimum absolute atomic E-state index is 0.0337. The summed E-state index contributed by atoms with van der Waals surface area (Å²) in [5.41, 5.74) is 1.40. The SMILES string of the molecule is CCOC(=O)C1=C(O)C(=Cc2ccc(O)c(OCC)c2)SC1=Nc1ccccc1. The Morgan fingerprint density at radius 1 is 1.10 bits per heavy atom. The number of aliphatic hydroxyl groups is 1. The Hall–Kier alpha value is -3.19. The molecule has 7 heteroatoms. The number of rotatable bonds is 6. The fourth-order valence-corrected chi connectivity index (χ4v) is 3.69. The molecule has 29 heavy (non-hydrogen) atoms. The maximum Gasteiger partial charge on any atom is 0.344 e. The van der Waals surface area contributed by atoms with Crippen molar-refractivity contribution in [2.75, 3.05) is 13.2 Å². The molecule has 2 aromatic rings. The van der Waals surface area contributed by atoms with Crippen molar-refractivity contribution in [2.24, 2.45) is 4.99 Å². The number of carbonyl (C=O) groups excluding carboxylic acids is 1. The molecule has 1 aliphatic heterocycles. The van der Waals surface area contributed by atoms with E-state index in [0.29, 0.717) is 33.6 Å². The highest BCUT2D eigenvalue weighted by Gasteiger charge is 2.33. The lowest BCUT2D eigenvalue weighted by atomic mass is 10.1. The number of para-hydroxylation sites is 1. The number of aliphatic imine (C=N–C) groups is 1. The lowest BCUT2D eigenvalue weighted by molar-refractivity contribution is -0.138. The number of hydrogen-bond donors (Lipinski definition) is 2. The highest BCUT2D eigenvalue weighted by molar-refractivity contribution is 8.18. The van der Waals surface area contributed by atoms with E-state index in [9.17, 15) is 15.0 Å². The highest BCUT2D eigenvalue weighted by atomic mass is 32.2. The van der Waals surface area contributed by atoms with E-state index in [-0.39, 0.29) is 23.7 Å². The molecule has 0 radical (unpaired) electrons. The average molecular weight is 411 g/mol. The first-order valence-corrected chi connectivity index (χ1v) is 9.95. The number of hydrogen-bond acceptors (Lipinski definition) is 7. The van der Waals surface area contributed by atoms with Crippen LogP contribution in [-0.2, 0) is 9.53 Å². The maximum absolute atomic E-state index is 12.4. The molecule has 1 aliphatic rings. The molecule has 0 saturated carbocycles. The lowest BCUT2D eigenvalue weighted by Crippen LogP contribution is -2.12. The summed E-state index contributed by atoms with van der Waals surface area (Å²) in [6.07, 6.45) is 1.70. The monoisotopic (exact) mass is 411 g/mol. The van der Waals surface area contributed by atoms with Gasteiger partial charge in [0.05, 0.1) is 23.8 Å². The molecule has 0 spiro atoms. The van der Waals surface area contributed by atoms with Gasteiger partial charge in [-0.05, 0) is 49.8 Å². The largest absolute Gasteiger partial charge is 0.506 e. The Kier molecular flexibility index (Phi) is 6.61. The van der Waals surface area contributed by atoms with Gasteiger partial charge in [-0.2, -0.15) is 0 Å². The van der Waals surface area contributed by atoms with Crippen molar-refractivity contribution in [3.05, 3.63) is 70.3 Å². The van der Waals surface area contributed by atoms with Crippen molar-refractivity contribution in [2.45, 2.75) is 13.8 Å². The number of phenols is 1. The summed E-state index contributed by atoms with van der Waals surface area (Å²) in [7, 11) is 0. The number of carbonyl (C=O) groups is 1. The van der Waals surface area contributed by atoms with Crippen LogP contribution >= 0.6 is 11.8 Å². The molecule has 150 valence electrons. The van der Waals surface area contributed by atoms with Gasteiger partial charge in [0.15, 0.2) is 11.5 Å². The fraction of sp³-hybridized carbons (Fsp3) is 0.182. The second-order valence-electron chi connectivity index (χ2n) is 5.97. The first-order valence-electron chi connectivity index (χ1n) is 9.13. The van der Waals surface area contributed by atoms with E-state index in [1.165, 1.54) is 17.8 Å². The number of aromatic hydroxyl groups is 1. The smallest absolute Gasteiger partial charge is 0.344 e. The van der Waals surface area contributed by atoms with Crippen molar-refractivity contribution in [1.29, 1.82) is 0 Å². The third-order valence-corrected chi connectivity index (χ3v) is 4.96. The van der Waals surface area contributed by atoms with Crippen LogP contribution in [0.4, 0.5) is 5.69 Å². The summed E-state index contributed by atoms with van der Waals surface area (Å²) >= 11 is 1.18. The number of ether oxygens (including phenoxy) is 2. The van der Waals surface area contributed by atoms with Crippen LogP contribution in [0.1, 0.15) is 19.4 Å². The molecule has 2 N–H and O–H groups in total. The van der Waals surface area contributed by atoms with Crippen LogP contribution < -0.4 is 4.74 Å². The molecule has 0 aliphatic carbocycles. The first-order chi connectivity index (χ1) is 14.0. The number of benzene rings is 2. The zero-order valence-electron chi connectivity index (χ0n) is 16.1. The second kappa shape index (κ2) is 9.34. The molecule has 0 amide bonds. The van der Waals surface area contributed by atoms with E-state index < -0.39 is 5.97 Å². The van der Waals surface area contributed by atoms with Gasteiger partial charge in [0.2, 0.25) is 0 Å². The maximum atomic E-state index is 12.4.